The maximum atomic E-state index is 2.43. The minimum atomic E-state index is 0.656. The summed E-state index contributed by atoms with van der Waals surface area (Å²) < 4.78 is 2.41. The Morgan fingerprint density at radius 3 is 2.88 bits per heavy atom. The molecule has 1 heterocycles. The summed E-state index contributed by atoms with van der Waals surface area (Å²) in [7, 11) is 2.22. The molecular formula is C16H17N. The van der Waals surface area contributed by atoms with E-state index >= 15 is 0 Å². The van der Waals surface area contributed by atoms with Crippen molar-refractivity contribution in [2.75, 3.05) is 0 Å². The van der Waals surface area contributed by atoms with Gasteiger partial charge in [0.2, 0.25) is 0 Å². The monoisotopic (exact) mass is 223 g/mol. The van der Waals surface area contributed by atoms with Crippen molar-refractivity contribution in [2.24, 2.45) is 13.0 Å². The molecule has 0 saturated heterocycles. The minimum absolute atomic E-state index is 0.656. The highest BCUT2D eigenvalue weighted by Crippen LogP contribution is 2.50. The fourth-order valence-electron chi connectivity index (χ4n) is 3.88. The second-order valence-electron chi connectivity index (χ2n) is 5.55. The van der Waals surface area contributed by atoms with Gasteiger partial charge in [0.25, 0.3) is 0 Å². The van der Waals surface area contributed by atoms with Gasteiger partial charge in [0, 0.05) is 29.6 Å². The lowest BCUT2D eigenvalue weighted by Crippen LogP contribution is -2.16. The van der Waals surface area contributed by atoms with Crippen LogP contribution in [0.4, 0.5) is 0 Å². The molecule has 4 rings (SSSR count). The quantitative estimate of drug-likeness (QED) is 0.596. The molecule has 0 unspecified atom stereocenters. The van der Waals surface area contributed by atoms with E-state index in [0.29, 0.717) is 11.8 Å². The van der Waals surface area contributed by atoms with Crippen LogP contribution in [0.3, 0.4) is 0 Å². The Morgan fingerprint density at radius 1 is 1.18 bits per heavy atom. The fraction of sp³-hybridized carbons (Fsp3) is 0.375. The molecule has 2 aromatic rings. The first kappa shape index (κ1) is 9.52. The summed E-state index contributed by atoms with van der Waals surface area (Å²) in [5.74, 6) is 2.09. The van der Waals surface area contributed by atoms with Gasteiger partial charge in [-0.25, -0.2) is 0 Å². The van der Waals surface area contributed by atoms with E-state index in [2.05, 4.69) is 55.0 Å². The normalized spacial score (nSPS) is 29.9. The van der Waals surface area contributed by atoms with Crippen molar-refractivity contribution in [1.82, 2.24) is 4.57 Å². The van der Waals surface area contributed by atoms with Gasteiger partial charge in [0.15, 0.2) is 0 Å². The van der Waals surface area contributed by atoms with Gasteiger partial charge in [-0.3, -0.25) is 0 Å². The number of aryl methyl sites for hydroxylation is 1. The highest BCUT2D eigenvalue weighted by atomic mass is 15.0. The van der Waals surface area contributed by atoms with E-state index in [0.717, 1.165) is 5.92 Å². The van der Waals surface area contributed by atoms with Gasteiger partial charge in [-0.1, -0.05) is 37.3 Å². The number of para-hydroxylation sites is 1. The molecule has 2 aliphatic rings. The molecule has 1 nitrogen and oxygen atoms in total. The van der Waals surface area contributed by atoms with Crippen LogP contribution in [0.1, 0.15) is 36.4 Å². The van der Waals surface area contributed by atoms with Crippen molar-refractivity contribution in [2.45, 2.75) is 25.2 Å². The summed E-state index contributed by atoms with van der Waals surface area (Å²) in [5.41, 5.74) is 4.56. The Hall–Kier alpha value is -1.50. The van der Waals surface area contributed by atoms with Crippen molar-refractivity contribution in [3.63, 3.8) is 0 Å². The summed E-state index contributed by atoms with van der Waals surface area (Å²) in [6.45, 7) is 2.39. The van der Waals surface area contributed by atoms with Crippen molar-refractivity contribution in [3.8, 4) is 0 Å². The van der Waals surface area contributed by atoms with E-state index in [1.165, 1.54) is 17.3 Å². The molecule has 1 heteroatoms. The second kappa shape index (κ2) is 3.04. The predicted molar refractivity (Wildman–Crippen MR) is 71.3 cm³/mol. The summed E-state index contributed by atoms with van der Waals surface area (Å²) in [5, 5.41) is 1.47. The minimum Gasteiger partial charge on any atom is -0.347 e. The van der Waals surface area contributed by atoms with Crippen LogP contribution < -0.4 is 0 Å². The summed E-state index contributed by atoms with van der Waals surface area (Å²) in [6.07, 6.45) is 6.17. The van der Waals surface area contributed by atoms with Gasteiger partial charge >= 0.3 is 0 Å². The van der Waals surface area contributed by atoms with E-state index in [-0.39, 0.29) is 0 Å². The van der Waals surface area contributed by atoms with E-state index in [1.807, 2.05) is 0 Å². The van der Waals surface area contributed by atoms with Gasteiger partial charge in [-0.05, 0) is 29.9 Å². The maximum absolute atomic E-state index is 2.43. The van der Waals surface area contributed by atoms with E-state index in [4.69, 9.17) is 0 Å². The van der Waals surface area contributed by atoms with Crippen molar-refractivity contribution < 1.29 is 0 Å². The lowest BCUT2D eigenvalue weighted by atomic mass is 9.77. The standard InChI is InChI=1S/C16H17N/c1-10-11-7-8-12(9-11)16-15(10)13-5-3-4-6-14(13)17(16)2/h3-8,10-12H,9H2,1-2H3/t10-,11+,12-/m0/s1. The molecule has 86 valence electrons. The number of hydrogen-bond acceptors (Lipinski definition) is 0. The van der Waals surface area contributed by atoms with Crippen molar-refractivity contribution in [3.05, 3.63) is 47.7 Å². The van der Waals surface area contributed by atoms with Crippen molar-refractivity contribution in [1.29, 1.82) is 0 Å². The molecule has 0 amide bonds. The summed E-state index contributed by atoms with van der Waals surface area (Å²) in [4.78, 5) is 0. The van der Waals surface area contributed by atoms with Gasteiger partial charge in [-0.2, -0.15) is 0 Å². The molecule has 1 aromatic heterocycles. The van der Waals surface area contributed by atoms with Crippen LogP contribution in [-0.4, -0.2) is 4.57 Å². The Balaban J connectivity index is 2.14. The van der Waals surface area contributed by atoms with Crippen LogP contribution in [0.2, 0.25) is 0 Å². The molecule has 0 saturated carbocycles. The molecule has 0 fully saturated rings. The first-order valence-corrected chi connectivity index (χ1v) is 6.53. The van der Waals surface area contributed by atoms with E-state index in [1.54, 1.807) is 11.3 Å². The SMILES string of the molecule is C[C@@H]1c2c(n(C)c3ccccc23)[C@H]2C=C[C@@H]1C2. The van der Waals surface area contributed by atoms with Gasteiger partial charge in [0.05, 0.1) is 0 Å². The number of allylic oxidation sites excluding steroid dienone is 2. The number of benzene rings is 1. The van der Waals surface area contributed by atoms with Crippen LogP contribution >= 0.6 is 0 Å². The van der Waals surface area contributed by atoms with Crippen LogP contribution in [0, 0.1) is 5.92 Å². The predicted octanol–water partition coefficient (Wildman–Crippen LogP) is 3.96. The Bertz CT molecular complexity index is 632. The second-order valence-corrected chi connectivity index (χ2v) is 5.55. The topological polar surface area (TPSA) is 4.93 Å². The van der Waals surface area contributed by atoms with Crippen LogP contribution in [0.5, 0.6) is 0 Å². The highest BCUT2D eigenvalue weighted by molar-refractivity contribution is 5.87. The van der Waals surface area contributed by atoms with E-state index < -0.39 is 0 Å². The molecule has 3 atom stereocenters. The first-order chi connectivity index (χ1) is 8.27. The third-order valence-corrected chi connectivity index (χ3v) is 4.76. The average molecular weight is 223 g/mol. The van der Waals surface area contributed by atoms with Gasteiger partial charge < -0.3 is 4.57 Å². The smallest absolute Gasteiger partial charge is 0.0483 e. The Morgan fingerprint density at radius 2 is 2.00 bits per heavy atom. The molecular weight excluding hydrogens is 206 g/mol. The van der Waals surface area contributed by atoms with Crippen LogP contribution in [0.15, 0.2) is 36.4 Å². The lowest BCUT2D eigenvalue weighted by molar-refractivity contribution is 0.466. The zero-order valence-electron chi connectivity index (χ0n) is 10.4. The molecule has 2 aliphatic carbocycles. The zero-order chi connectivity index (χ0) is 11.6. The number of aromatic nitrogens is 1. The van der Waals surface area contributed by atoms with Crippen molar-refractivity contribution >= 4 is 10.9 Å². The van der Waals surface area contributed by atoms with E-state index in [9.17, 15) is 0 Å². The molecule has 1 aromatic carbocycles. The summed E-state index contributed by atoms with van der Waals surface area (Å²) in [6, 6.07) is 8.85. The number of fused-ring (bicyclic) bond motifs is 6. The fourth-order valence-corrected chi connectivity index (χ4v) is 3.88. The maximum Gasteiger partial charge on any atom is 0.0483 e. The molecule has 17 heavy (non-hydrogen) atoms. The molecule has 0 N–H and O–H groups in total. The third kappa shape index (κ3) is 1.05. The number of hydrogen-bond donors (Lipinski definition) is 0. The number of rotatable bonds is 0. The molecule has 0 spiro atoms. The highest BCUT2D eigenvalue weighted by Gasteiger charge is 2.37. The first-order valence-electron chi connectivity index (χ1n) is 6.53. The number of nitrogens with zero attached hydrogens (tertiary/aromatic N) is 1. The summed E-state index contributed by atoms with van der Waals surface area (Å²) >= 11 is 0. The van der Waals surface area contributed by atoms with Gasteiger partial charge in [-0.15, -0.1) is 0 Å². The third-order valence-electron chi connectivity index (χ3n) is 4.76. The molecule has 0 aliphatic heterocycles. The van der Waals surface area contributed by atoms with Crippen LogP contribution in [-0.2, 0) is 7.05 Å². The Kier molecular flexibility index (Phi) is 1.70. The zero-order valence-corrected chi connectivity index (χ0v) is 10.4. The molecule has 2 bridgehead atoms. The van der Waals surface area contributed by atoms with Gasteiger partial charge in [0.1, 0.15) is 0 Å². The van der Waals surface area contributed by atoms with Crippen LogP contribution in [0.25, 0.3) is 10.9 Å². The lowest BCUT2D eigenvalue weighted by Gasteiger charge is -2.27. The average Bonchev–Trinajstić information content (AvgIpc) is 2.89. The largest absolute Gasteiger partial charge is 0.347 e. The Labute approximate surface area is 102 Å². The molecule has 0 radical (unpaired) electrons.